The summed E-state index contributed by atoms with van der Waals surface area (Å²) in [5.41, 5.74) is -0.204. The van der Waals surface area contributed by atoms with E-state index in [2.05, 4.69) is 0 Å². The van der Waals surface area contributed by atoms with Crippen molar-refractivity contribution in [2.75, 3.05) is 7.11 Å². The second-order valence-electron chi connectivity index (χ2n) is 4.90. The molecule has 2 N–H and O–H groups in total. The van der Waals surface area contributed by atoms with Crippen LogP contribution in [0.3, 0.4) is 0 Å². The van der Waals surface area contributed by atoms with Gasteiger partial charge >= 0.3 is 0 Å². The lowest BCUT2D eigenvalue weighted by atomic mass is 9.96. The average molecular weight is 202 g/mol. The summed E-state index contributed by atoms with van der Waals surface area (Å²) in [4.78, 5) is 0. The highest BCUT2D eigenvalue weighted by atomic mass is 16.5. The van der Waals surface area contributed by atoms with Crippen molar-refractivity contribution in [3.63, 3.8) is 0 Å². The van der Waals surface area contributed by atoms with Crippen LogP contribution in [0.25, 0.3) is 0 Å². The minimum absolute atomic E-state index is 0.204. The van der Waals surface area contributed by atoms with Crippen LogP contribution in [0.15, 0.2) is 0 Å². The highest BCUT2D eigenvalue weighted by Crippen LogP contribution is 2.35. The van der Waals surface area contributed by atoms with E-state index in [1.165, 1.54) is 0 Å². The molecule has 0 aromatic heterocycles. The largest absolute Gasteiger partial charge is 0.390 e. The lowest BCUT2D eigenvalue weighted by Crippen LogP contribution is -2.31. The van der Waals surface area contributed by atoms with Crippen LogP contribution in [0.2, 0.25) is 0 Å². The van der Waals surface area contributed by atoms with E-state index >= 15 is 0 Å². The summed E-state index contributed by atoms with van der Waals surface area (Å²) in [6, 6.07) is 0. The number of hydrogen-bond acceptors (Lipinski definition) is 3. The van der Waals surface area contributed by atoms with E-state index in [0.29, 0.717) is 12.3 Å². The molecule has 0 heterocycles. The standard InChI is InChI=1S/C11H22O3/c1-11(2,14-3)7-6-9(12)10(13)8-4-5-8/h8-10,12-13H,4-7H2,1-3H3. The quantitative estimate of drug-likeness (QED) is 0.683. The lowest BCUT2D eigenvalue weighted by molar-refractivity contribution is -0.0300. The molecule has 1 saturated carbocycles. The van der Waals surface area contributed by atoms with E-state index in [9.17, 15) is 10.2 Å². The Hall–Kier alpha value is -0.120. The molecular weight excluding hydrogens is 180 g/mol. The van der Waals surface area contributed by atoms with E-state index < -0.39 is 12.2 Å². The number of aliphatic hydroxyl groups excluding tert-OH is 2. The summed E-state index contributed by atoms with van der Waals surface area (Å²) in [5, 5.41) is 19.3. The van der Waals surface area contributed by atoms with E-state index in [1.54, 1.807) is 7.11 Å². The molecule has 2 unspecified atom stereocenters. The Morgan fingerprint density at radius 3 is 2.36 bits per heavy atom. The maximum Gasteiger partial charge on any atom is 0.0827 e. The van der Waals surface area contributed by atoms with Crippen molar-refractivity contribution >= 4 is 0 Å². The first-order valence-electron chi connectivity index (χ1n) is 5.37. The summed E-state index contributed by atoms with van der Waals surface area (Å²) in [5.74, 6) is 0.343. The molecular formula is C11H22O3. The fraction of sp³-hybridized carbons (Fsp3) is 1.00. The molecule has 1 aliphatic rings. The van der Waals surface area contributed by atoms with Crippen LogP contribution < -0.4 is 0 Å². The minimum Gasteiger partial charge on any atom is -0.390 e. The molecule has 0 spiro atoms. The molecule has 0 bridgehead atoms. The highest BCUT2D eigenvalue weighted by Gasteiger charge is 2.34. The Bertz CT molecular complexity index is 175. The van der Waals surface area contributed by atoms with Crippen molar-refractivity contribution in [1.82, 2.24) is 0 Å². The molecule has 84 valence electrons. The van der Waals surface area contributed by atoms with Gasteiger partial charge in [-0.1, -0.05) is 0 Å². The van der Waals surface area contributed by atoms with Gasteiger partial charge in [0.2, 0.25) is 0 Å². The van der Waals surface area contributed by atoms with Gasteiger partial charge in [-0.25, -0.2) is 0 Å². The molecule has 0 radical (unpaired) electrons. The molecule has 14 heavy (non-hydrogen) atoms. The lowest BCUT2D eigenvalue weighted by Gasteiger charge is -2.25. The van der Waals surface area contributed by atoms with Gasteiger partial charge in [-0.05, 0) is 45.4 Å². The first-order valence-corrected chi connectivity index (χ1v) is 5.37. The zero-order valence-corrected chi connectivity index (χ0v) is 9.36. The van der Waals surface area contributed by atoms with Gasteiger partial charge in [0, 0.05) is 7.11 Å². The van der Waals surface area contributed by atoms with Gasteiger partial charge in [0.25, 0.3) is 0 Å². The molecule has 0 aliphatic heterocycles. The van der Waals surface area contributed by atoms with Crippen molar-refractivity contribution in [3.05, 3.63) is 0 Å². The Morgan fingerprint density at radius 2 is 1.93 bits per heavy atom. The predicted octanol–water partition coefficient (Wildman–Crippen LogP) is 1.32. The highest BCUT2D eigenvalue weighted by molar-refractivity contribution is 4.86. The predicted molar refractivity (Wildman–Crippen MR) is 55.1 cm³/mol. The fourth-order valence-corrected chi connectivity index (χ4v) is 1.52. The fourth-order valence-electron chi connectivity index (χ4n) is 1.52. The van der Waals surface area contributed by atoms with Crippen molar-refractivity contribution in [2.45, 2.75) is 57.3 Å². The average Bonchev–Trinajstić information content (AvgIpc) is 2.96. The molecule has 1 rings (SSSR count). The van der Waals surface area contributed by atoms with E-state index in [1.807, 2.05) is 13.8 Å². The Kier molecular flexibility index (Phi) is 3.93. The summed E-state index contributed by atoms with van der Waals surface area (Å²) in [7, 11) is 1.67. The molecule has 0 amide bonds. The van der Waals surface area contributed by atoms with E-state index in [4.69, 9.17) is 4.74 Å². The topological polar surface area (TPSA) is 49.7 Å². The van der Waals surface area contributed by atoms with Gasteiger partial charge in [0.05, 0.1) is 17.8 Å². The Balaban J connectivity index is 2.22. The molecule has 3 heteroatoms. The van der Waals surface area contributed by atoms with Crippen LogP contribution in [-0.4, -0.2) is 35.1 Å². The molecule has 0 saturated heterocycles. The van der Waals surface area contributed by atoms with Crippen molar-refractivity contribution in [1.29, 1.82) is 0 Å². The maximum absolute atomic E-state index is 9.68. The zero-order chi connectivity index (χ0) is 10.8. The summed E-state index contributed by atoms with van der Waals surface area (Å²) >= 11 is 0. The van der Waals surface area contributed by atoms with E-state index in [-0.39, 0.29) is 5.60 Å². The number of aliphatic hydroxyl groups is 2. The van der Waals surface area contributed by atoms with Gasteiger partial charge in [0.15, 0.2) is 0 Å². The number of rotatable bonds is 6. The molecule has 1 fully saturated rings. The molecule has 0 aromatic rings. The minimum atomic E-state index is -0.586. The van der Waals surface area contributed by atoms with Crippen molar-refractivity contribution in [3.8, 4) is 0 Å². The monoisotopic (exact) mass is 202 g/mol. The maximum atomic E-state index is 9.68. The van der Waals surface area contributed by atoms with Crippen molar-refractivity contribution in [2.24, 2.45) is 5.92 Å². The summed E-state index contributed by atoms with van der Waals surface area (Å²) in [6.07, 6.45) is 2.39. The first-order chi connectivity index (χ1) is 6.46. The van der Waals surface area contributed by atoms with Gasteiger partial charge in [0.1, 0.15) is 0 Å². The molecule has 2 atom stereocenters. The smallest absolute Gasteiger partial charge is 0.0827 e. The normalized spacial score (nSPS) is 22.1. The van der Waals surface area contributed by atoms with Gasteiger partial charge in [-0.3, -0.25) is 0 Å². The second-order valence-corrected chi connectivity index (χ2v) is 4.90. The summed E-state index contributed by atoms with van der Waals surface area (Å²) < 4.78 is 5.25. The molecule has 3 nitrogen and oxygen atoms in total. The Morgan fingerprint density at radius 1 is 1.36 bits per heavy atom. The third kappa shape index (κ3) is 3.56. The molecule has 1 aliphatic carbocycles. The van der Waals surface area contributed by atoms with Gasteiger partial charge in [-0.15, -0.1) is 0 Å². The second kappa shape index (κ2) is 4.60. The van der Waals surface area contributed by atoms with Crippen LogP contribution in [0.1, 0.15) is 39.5 Å². The van der Waals surface area contributed by atoms with Crippen LogP contribution in [0.5, 0.6) is 0 Å². The number of ether oxygens (including phenoxy) is 1. The SMILES string of the molecule is COC(C)(C)CCC(O)C(O)C1CC1. The zero-order valence-electron chi connectivity index (χ0n) is 9.36. The number of hydrogen-bond donors (Lipinski definition) is 2. The van der Waals surface area contributed by atoms with E-state index in [0.717, 1.165) is 19.3 Å². The van der Waals surface area contributed by atoms with Crippen molar-refractivity contribution < 1.29 is 14.9 Å². The number of methoxy groups -OCH3 is 1. The van der Waals surface area contributed by atoms with Gasteiger partial charge in [-0.2, -0.15) is 0 Å². The molecule has 0 aromatic carbocycles. The Labute approximate surface area is 86.1 Å². The van der Waals surface area contributed by atoms with Crippen LogP contribution in [0, 0.1) is 5.92 Å². The third-order valence-corrected chi connectivity index (χ3v) is 3.09. The van der Waals surface area contributed by atoms with Crippen LogP contribution >= 0.6 is 0 Å². The third-order valence-electron chi connectivity index (χ3n) is 3.09. The first kappa shape index (κ1) is 12.0. The van der Waals surface area contributed by atoms with Gasteiger partial charge < -0.3 is 14.9 Å². The van der Waals surface area contributed by atoms with Crippen LogP contribution in [-0.2, 0) is 4.74 Å². The van der Waals surface area contributed by atoms with Crippen LogP contribution in [0.4, 0.5) is 0 Å². The summed E-state index contributed by atoms with van der Waals surface area (Å²) in [6.45, 7) is 3.98.